The molecule has 1 aliphatic rings. The van der Waals surface area contributed by atoms with Crippen molar-refractivity contribution in [1.82, 2.24) is 10.2 Å². The summed E-state index contributed by atoms with van der Waals surface area (Å²) >= 11 is 0. The molecule has 0 aromatic heterocycles. The van der Waals surface area contributed by atoms with Gasteiger partial charge >= 0.3 is 0 Å². The molecule has 0 aliphatic carbocycles. The van der Waals surface area contributed by atoms with Crippen LogP contribution in [-0.2, 0) is 19.4 Å². The van der Waals surface area contributed by atoms with E-state index < -0.39 is 20.5 Å². The van der Waals surface area contributed by atoms with Crippen molar-refractivity contribution in [2.24, 2.45) is 0 Å². The summed E-state index contributed by atoms with van der Waals surface area (Å²) in [6.45, 7) is 2.67. The maximum absolute atomic E-state index is 12.8. The largest absolute Gasteiger partial charge is 0.335 e. The predicted molar refractivity (Wildman–Crippen MR) is 104 cm³/mol. The van der Waals surface area contributed by atoms with Gasteiger partial charge in [-0.1, -0.05) is 17.7 Å². The van der Waals surface area contributed by atoms with Gasteiger partial charge in [-0.3, -0.25) is 9.59 Å². The van der Waals surface area contributed by atoms with Crippen molar-refractivity contribution < 1.29 is 18.0 Å². The first-order valence-electron chi connectivity index (χ1n) is 8.18. The number of benzene rings is 1. The van der Waals surface area contributed by atoms with Crippen LogP contribution in [-0.4, -0.2) is 62.8 Å². The van der Waals surface area contributed by atoms with E-state index in [1.54, 1.807) is 12.1 Å². The molecule has 1 saturated heterocycles. The number of anilines is 1. The summed E-state index contributed by atoms with van der Waals surface area (Å²) in [5.74, 6) is -0.882. The van der Waals surface area contributed by atoms with Crippen LogP contribution in [0, 0.1) is 6.92 Å². The topological polar surface area (TPSA) is 95.6 Å². The zero-order valence-electron chi connectivity index (χ0n) is 15.2. The fraction of sp³-hybridized carbons (Fsp3) is 0.529. The van der Waals surface area contributed by atoms with Crippen LogP contribution in [0.1, 0.15) is 18.4 Å². The quantitative estimate of drug-likeness (QED) is 0.764. The maximum atomic E-state index is 12.8. The second kappa shape index (κ2) is 8.83. The molecule has 2 rings (SSSR count). The van der Waals surface area contributed by atoms with Crippen LogP contribution in [0.4, 0.5) is 5.69 Å². The average Bonchev–Trinajstić information content (AvgIpc) is 2.55. The molecule has 0 atom stereocenters. The van der Waals surface area contributed by atoms with Crippen LogP contribution in [0.5, 0.6) is 0 Å². The third-order valence-corrected chi connectivity index (χ3v) is 6.58. The van der Waals surface area contributed by atoms with E-state index in [0.717, 1.165) is 11.8 Å². The van der Waals surface area contributed by atoms with Crippen LogP contribution in [0.15, 0.2) is 24.3 Å². The van der Waals surface area contributed by atoms with Gasteiger partial charge in [0.1, 0.15) is 0 Å². The fourth-order valence-electron chi connectivity index (χ4n) is 3.05. The Labute approximate surface area is 160 Å². The molecule has 2 N–H and O–H groups in total. The van der Waals surface area contributed by atoms with Gasteiger partial charge in [0.15, 0.2) is 14.6 Å². The third-order valence-electron chi connectivity index (χ3n) is 4.57. The minimum Gasteiger partial charge on any atom is -0.335 e. The summed E-state index contributed by atoms with van der Waals surface area (Å²) in [5, 5.41) is 5.78. The summed E-state index contributed by atoms with van der Waals surface area (Å²) in [7, 11) is -2.13. The summed E-state index contributed by atoms with van der Waals surface area (Å²) in [4.78, 5) is 26.2. The monoisotopic (exact) mass is 403 g/mol. The Morgan fingerprint density at radius 3 is 2.23 bits per heavy atom. The molecule has 1 aromatic rings. The highest BCUT2D eigenvalue weighted by molar-refractivity contribution is 7.92. The number of halogens is 1. The van der Waals surface area contributed by atoms with Gasteiger partial charge in [0.25, 0.3) is 0 Å². The van der Waals surface area contributed by atoms with Crippen LogP contribution < -0.4 is 10.6 Å². The van der Waals surface area contributed by atoms with E-state index in [9.17, 15) is 18.0 Å². The molecule has 1 aromatic carbocycles. The lowest BCUT2D eigenvalue weighted by Crippen LogP contribution is -2.58. The smallest absolute Gasteiger partial charge is 0.244 e. The Morgan fingerprint density at radius 1 is 1.19 bits per heavy atom. The Balaban J connectivity index is 0.00000338. The molecule has 146 valence electrons. The van der Waals surface area contributed by atoms with Gasteiger partial charge < -0.3 is 15.5 Å². The van der Waals surface area contributed by atoms with Crippen LogP contribution in [0.3, 0.4) is 0 Å². The molecule has 1 aliphatic heterocycles. The predicted octanol–water partition coefficient (Wildman–Crippen LogP) is 0.981. The molecule has 2 amide bonds. The Bertz CT molecular complexity index is 744. The highest BCUT2D eigenvalue weighted by Crippen LogP contribution is 2.29. The SMILES string of the molecule is Cc1ccc(NC(=O)CN(C)C(=O)C2(S(C)(=O)=O)CCNCC2)cc1.Cl. The molecule has 1 heterocycles. The second-order valence-electron chi connectivity index (χ2n) is 6.59. The van der Waals surface area contributed by atoms with E-state index in [-0.39, 0.29) is 37.7 Å². The number of carbonyl (C=O) groups excluding carboxylic acids is 2. The first-order valence-corrected chi connectivity index (χ1v) is 10.1. The van der Waals surface area contributed by atoms with Crippen molar-refractivity contribution in [2.45, 2.75) is 24.5 Å². The van der Waals surface area contributed by atoms with Gasteiger partial charge in [0, 0.05) is 19.0 Å². The second-order valence-corrected chi connectivity index (χ2v) is 8.92. The number of likely N-dealkylation sites (N-methyl/N-ethyl adjacent to an activating group) is 1. The Hall–Kier alpha value is -1.64. The van der Waals surface area contributed by atoms with Crippen LogP contribution in [0.2, 0.25) is 0 Å². The Morgan fingerprint density at radius 2 is 1.73 bits per heavy atom. The summed E-state index contributed by atoms with van der Waals surface area (Å²) < 4.78 is 23.1. The summed E-state index contributed by atoms with van der Waals surface area (Å²) in [5.41, 5.74) is 1.71. The summed E-state index contributed by atoms with van der Waals surface area (Å²) in [6.07, 6.45) is 1.53. The average molecular weight is 404 g/mol. The number of amides is 2. The lowest BCUT2D eigenvalue weighted by Gasteiger charge is -2.37. The fourth-order valence-corrected chi connectivity index (χ4v) is 4.47. The van der Waals surface area contributed by atoms with Crippen molar-refractivity contribution in [3.05, 3.63) is 29.8 Å². The molecule has 7 nitrogen and oxygen atoms in total. The van der Waals surface area contributed by atoms with E-state index >= 15 is 0 Å². The number of nitrogens with zero attached hydrogens (tertiary/aromatic N) is 1. The Kier molecular flexibility index (Phi) is 7.61. The normalized spacial score (nSPS) is 16.3. The van der Waals surface area contributed by atoms with E-state index in [1.165, 1.54) is 11.9 Å². The van der Waals surface area contributed by atoms with Crippen molar-refractivity contribution >= 4 is 39.7 Å². The van der Waals surface area contributed by atoms with Crippen molar-refractivity contribution in [2.75, 3.05) is 38.3 Å². The lowest BCUT2D eigenvalue weighted by atomic mass is 9.95. The van der Waals surface area contributed by atoms with E-state index in [0.29, 0.717) is 18.8 Å². The molecule has 0 spiro atoms. The molecule has 1 fully saturated rings. The first-order chi connectivity index (χ1) is 11.7. The summed E-state index contributed by atoms with van der Waals surface area (Å²) in [6, 6.07) is 7.30. The zero-order chi connectivity index (χ0) is 18.7. The van der Waals surface area contributed by atoms with E-state index in [2.05, 4.69) is 10.6 Å². The molecule has 0 radical (unpaired) electrons. The third kappa shape index (κ3) is 4.96. The van der Waals surface area contributed by atoms with E-state index in [1.807, 2.05) is 19.1 Å². The molecular formula is C17H26ClN3O4S. The highest BCUT2D eigenvalue weighted by atomic mass is 35.5. The molecule has 9 heteroatoms. The van der Waals surface area contributed by atoms with Gasteiger partial charge in [-0.15, -0.1) is 12.4 Å². The first kappa shape index (κ1) is 22.4. The number of hydrogen-bond donors (Lipinski definition) is 2. The molecular weight excluding hydrogens is 378 g/mol. The van der Waals surface area contributed by atoms with Crippen molar-refractivity contribution in [3.8, 4) is 0 Å². The standard InChI is InChI=1S/C17H25N3O4S.ClH/c1-13-4-6-14(7-5-13)19-15(21)12-20(2)16(22)17(25(3,23)24)8-10-18-11-9-17;/h4-7,18H,8-12H2,1-3H3,(H,19,21);1H. The van der Waals surface area contributed by atoms with Gasteiger partial charge in [-0.25, -0.2) is 8.42 Å². The van der Waals surface area contributed by atoms with Crippen molar-refractivity contribution in [3.63, 3.8) is 0 Å². The molecule has 0 saturated carbocycles. The van der Waals surface area contributed by atoms with Crippen LogP contribution in [0.25, 0.3) is 0 Å². The van der Waals surface area contributed by atoms with Gasteiger partial charge in [-0.05, 0) is 45.0 Å². The van der Waals surface area contributed by atoms with Gasteiger partial charge in [0.05, 0.1) is 6.54 Å². The molecule has 26 heavy (non-hydrogen) atoms. The number of hydrogen-bond acceptors (Lipinski definition) is 5. The lowest BCUT2D eigenvalue weighted by molar-refractivity contribution is -0.136. The van der Waals surface area contributed by atoms with Crippen LogP contribution >= 0.6 is 12.4 Å². The number of rotatable bonds is 5. The highest BCUT2D eigenvalue weighted by Gasteiger charge is 2.50. The number of sulfone groups is 1. The number of piperidine rings is 1. The van der Waals surface area contributed by atoms with E-state index in [4.69, 9.17) is 0 Å². The zero-order valence-corrected chi connectivity index (χ0v) is 16.9. The van der Waals surface area contributed by atoms with Crippen molar-refractivity contribution in [1.29, 1.82) is 0 Å². The minimum atomic E-state index is -3.59. The number of aryl methyl sites for hydroxylation is 1. The van der Waals surface area contributed by atoms with Gasteiger partial charge in [0.2, 0.25) is 11.8 Å². The number of nitrogens with one attached hydrogen (secondary N) is 2. The molecule has 0 unspecified atom stereocenters. The minimum absolute atomic E-state index is 0. The number of carbonyl (C=O) groups is 2. The molecule has 0 bridgehead atoms. The van der Waals surface area contributed by atoms with Gasteiger partial charge in [-0.2, -0.15) is 0 Å². The maximum Gasteiger partial charge on any atom is 0.244 e.